The molecular formula is C18H19ClN2. The molecule has 0 heterocycles. The van der Waals surface area contributed by atoms with Crippen LogP contribution >= 0.6 is 11.6 Å². The van der Waals surface area contributed by atoms with Gasteiger partial charge in [-0.25, -0.2) is 0 Å². The van der Waals surface area contributed by atoms with Crippen molar-refractivity contribution in [3.8, 4) is 6.07 Å². The van der Waals surface area contributed by atoms with E-state index in [1.165, 1.54) is 11.1 Å². The third kappa shape index (κ3) is 4.00. The fourth-order valence-electron chi connectivity index (χ4n) is 2.28. The van der Waals surface area contributed by atoms with Crippen molar-refractivity contribution in [2.24, 2.45) is 0 Å². The Bertz CT molecular complexity index is 641. The Labute approximate surface area is 131 Å². The smallest absolute Gasteiger partial charge is 0.0992 e. The molecule has 1 unspecified atom stereocenters. The van der Waals surface area contributed by atoms with Gasteiger partial charge in [-0.1, -0.05) is 49.2 Å². The maximum atomic E-state index is 8.96. The summed E-state index contributed by atoms with van der Waals surface area (Å²) in [6.07, 6.45) is 2.27. The van der Waals surface area contributed by atoms with Gasteiger partial charge in [0.1, 0.15) is 0 Å². The monoisotopic (exact) mass is 298 g/mol. The minimum absolute atomic E-state index is 0.132. The van der Waals surface area contributed by atoms with Gasteiger partial charge in [0.15, 0.2) is 0 Å². The molecule has 1 atom stereocenters. The molecule has 2 aromatic rings. The maximum absolute atomic E-state index is 8.96. The van der Waals surface area contributed by atoms with Crippen molar-refractivity contribution < 1.29 is 0 Å². The van der Waals surface area contributed by atoms with E-state index >= 15 is 0 Å². The summed E-state index contributed by atoms with van der Waals surface area (Å²) in [5, 5.41) is 13.0. The predicted octanol–water partition coefficient (Wildman–Crippen LogP) is 5.34. The minimum atomic E-state index is 0.132. The van der Waals surface area contributed by atoms with Crippen LogP contribution in [-0.4, -0.2) is 0 Å². The van der Waals surface area contributed by atoms with Crippen LogP contribution in [0.4, 0.5) is 5.69 Å². The second kappa shape index (κ2) is 7.15. The quantitative estimate of drug-likeness (QED) is 0.809. The van der Waals surface area contributed by atoms with E-state index in [0.29, 0.717) is 10.6 Å². The number of nitriles is 1. The van der Waals surface area contributed by atoms with E-state index in [9.17, 15) is 0 Å². The molecule has 1 N–H and O–H groups in total. The van der Waals surface area contributed by atoms with Gasteiger partial charge < -0.3 is 5.32 Å². The second-order valence-electron chi connectivity index (χ2n) is 5.16. The average Bonchev–Trinajstić information content (AvgIpc) is 2.50. The predicted molar refractivity (Wildman–Crippen MR) is 88.6 cm³/mol. The Balaban J connectivity index is 2.14. The molecule has 2 nitrogen and oxygen atoms in total. The molecule has 21 heavy (non-hydrogen) atoms. The summed E-state index contributed by atoms with van der Waals surface area (Å²) in [4.78, 5) is 0. The zero-order valence-electron chi connectivity index (χ0n) is 12.4. The van der Waals surface area contributed by atoms with Crippen LogP contribution in [0.25, 0.3) is 0 Å². The highest BCUT2D eigenvalue weighted by molar-refractivity contribution is 6.33. The molecule has 0 saturated heterocycles. The van der Waals surface area contributed by atoms with Gasteiger partial charge in [-0.3, -0.25) is 0 Å². The molecule has 0 radical (unpaired) electrons. The number of anilines is 1. The zero-order valence-corrected chi connectivity index (χ0v) is 13.1. The topological polar surface area (TPSA) is 35.8 Å². The van der Waals surface area contributed by atoms with Gasteiger partial charge in [-0.2, -0.15) is 5.26 Å². The molecule has 0 saturated carbocycles. The highest BCUT2D eigenvalue weighted by Gasteiger charge is 2.08. The lowest BCUT2D eigenvalue weighted by atomic mass is 10.0. The normalized spacial score (nSPS) is 11.7. The molecule has 2 aromatic carbocycles. The van der Waals surface area contributed by atoms with Crippen LogP contribution < -0.4 is 5.32 Å². The van der Waals surface area contributed by atoms with Gasteiger partial charge in [0, 0.05) is 6.04 Å². The standard InChI is InChI=1S/C18H19ClN2/c1-3-4-14-5-8-16(9-6-14)13(2)21-18-11-15(12-20)7-10-17(18)19/h5-11,13,21H,3-4H2,1-2H3. The summed E-state index contributed by atoms with van der Waals surface area (Å²) in [7, 11) is 0. The minimum Gasteiger partial charge on any atom is -0.377 e. The number of benzene rings is 2. The number of hydrogen-bond donors (Lipinski definition) is 1. The molecule has 108 valence electrons. The van der Waals surface area contributed by atoms with E-state index in [2.05, 4.69) is 49.5 Å². The Hall–Kier alpha value is -1.98. The van der Waals surface area contributed by atoms with Gasteiger partial charge in [0.25, 0.3) is 0 Å². The molecular weight excluding hydrogens is 280 g/mol. The van der Waals surface area contributed by atoms with Gasteiger partial charge in [0.2, 0.25) is 0 Å². The molecule has 0 amide bonds. The highest BCUT2D eigenvalue weighted by atomic mass is 35.5. The number of hydrogen-bond acceptors (Lipinski definition) is 2. The van der Waals surface area contributed by atoms with Crippen molar-refractivity contribution >= 4 is 17.3 Å². The Morgan fingerprint density at radius 3 is 2.52 bits per heavy atom. The average molecular weight is 299 g/mol. The van der Waals surface area contributed by atoms with Crippen LogP contribution in [0.15, 0.2) is 42.5 Å². The van der Waals surface area contributed by atoms with Crippen LogP contribution in [0.1, 0.15) is 43.0 Å². The lowest BCUT2D eigenvalue weighted by Crippen LogP contribution is -2.07. The van der Waals surface area contributed by atoms with E-state index in [4.69, 9.17) is 16.9 Å². The van der Waals surface area contributed by atoms with Gasteiger partial charge >= 0.3 is 0 Å². The first-order valence-electron chi connectivity index (χ1n) is 7.19. The summed E-state index contributed by atoms with van der Waals surface area (Å²) in [6, 6.07) is 16.1. The van der Waals surface area contributed by atoms with Crippen LogP contribution in [0.3, 0.4) is 0 Å². The van der Waals surface area contributed by atoms with Crippen LogP contribution in [0.5, 0.6) is 0 Å². The summed E-state index contributed by atoms with van der Waals surface area (Å²) >= 11 is 6.18. The third-order valence-corrected chi connectivity index (χ3v) is 3.82. The number of nitrogens with zero attached hydrogens (tertiary/aromatic N) is 1. The first kappa shape index (κ1) is 15.4. The van der Waals surface area contributed by atoms with Crippen molar-refractivity contribution in [3.05, 3.63) is 64.2 Å². The summed E-state index contributed by atoms with van der Waals surface area (Å²) < 4.78 is 0. The van der Waals surface area contributed by atoms with Gasteiger partial charge in [0.05, 0.1) is 22.3 Å². The highest BCUT2D eigenvalue weighted by Crippen LogP contribution is 2.27. The van der Waals surface area contributed by atoms with E-state index in [0.717, 1.165) is 18.5 Å². The van der Waals surface area contributed by atoms with Crippen LogP contribution in [-0.2, 0) is 6.42 Å². The van der Waals surface area contributed by atoms with E-state index in [1.807, 2.05) is 0 Å². The van der Waals surface area contributed by atoms with Gasteiger partial charge in [-0.05, 0) is 42.7 Å². The molecule has 0 aliphatic heterocycles. The van der Waals surface area contributed by atoms with Crippen molar-refractivity contribution in [3.63, 3.8) is 0 Å². The Morgan fingerprint density at radius 2 is 1.90 bits per heavy atom. The SMILES string of the molecule is CCCc1ccc(C(C)Nc2cc(C#N)ccc2Cl)cc1. The van der Waals surface area contributed by atoms with E-state index in [1.54, 1.807) is 18.2 Å². The van der Waals surface area contributed by atoms with Crippen molar-refractivity contribution in [1.29, 1.82) is 5.26 Å². The molecule has 0 aliphatic carbocycles. The number of halogens is 1. The van der Waals surface area contributed by atoms with Crippen molar-refractivity contribution in [2.75, 3.05) is 5.32 Å². The number of aryl methyl sites for hydroxylation is 1. The third-order valence-electron chi connectivity index (χ3n) is 3.49. The second-order valence-corrected chi connectivity index (χ2v) is 5.57. The molecule has 0 bridgehead atoms. The molecule has 3 heteroatoms. The largest absolute Gasteiger partial charge is 0.377 e. The molecule has 0 aromatic heterocycles. The zero-order chi connectivity index (χ0) is 15.2. The van der Waals surface area contributed by atoms with Crippen molar-refractivity contribution in [1.82, 2.24) is 0 Å². The molecule has 0 aliphatic rings. The lowest BCUT2D eigenvalue weighted by molar-refractivity contribution is 0.876. The van der Waals surface area contributed by atoms with Crippen LogP contribution in [0, 0.1) is 11.3 Å². The maximum Gasteiger partial charge on any atom is 0.0992 e. The Kier molecular flexibility index (Phi) is 5.25. The summed E-state index contributed by atoms with van der Waals surface area (Å²) in [6.45, 7) is 4.27. The van der Waals surface area contributed by atoms with Crippen molar-refractivity contribution in [2.45, 2.75) is 32.7 Å². The summed E-state index contributed by atoms with van der Waals surface area (Å²) in [5.41, 5.74) is 3.96. The fourth-order valence-corrected chi connectivity index (χ4v) is 2.46. The van der Waals surface area contributed by atoms with E-state index < -0.39 is 0 Å². The van der Waals surface area contributed by atoms with Gasteiger partial charge in [-0.15, -0.1) is 0 Å². The summed E-state index contributed by atoms with van der Waals surface area (Å²) in [5.74, 6) is 0. The molecule has 2 rings (SSSR count). The van der Waals surface area contributed by atoms with Crippen LogP contribution in [0.2, 0.25) is 5.02 Å². The lowest BCUT2D eigenvalue weighted by Gasteiger charge is -2.17. The fraction of sp³-hybridized carbons (Fsp3) is 0.278. The molecule has 0 fully saturated rings. The first-order valence-corrected chi connectivity index (χ1v) is 7.57. The van der Waals surface area contributed by atoms with E-state index in [-0.39, 0.29) is 6.04 Å². The number of nitrogens with one attached hydrogen (secondary N) is 1. The molecule has 0 spiro atoms. The number of rotatable bonds is 5. The first-order chi connectivity index (χ1) is 10.1. The Morgan fingerprint density at radius 1 is 1.19 bits per heavy atom.